The van der Waals surface area contributed by atoms with Gasteiger partial charge in [0.2, 0.25) is 5.91 Å². The number of nitrogens with zero attached hydrogens (tertiary/aromatic N) is 3. The van der Waals surface area contributed by atoms with Gasteiger partial charge in [0.1, 0.15) is 6.54 Å². The van der Waals surface area contributed by atoms with Gasteiger partial charge in [-0.25, -0.2) is 0 Å². The van der Waals surface area contributed by atoms with Gasteiger partial charge in [-0.15, -0.1) is 12.4 Å². The fourth-order valence-corrected chi connectivity index (χ4v) is 2.70. The van der Waals surface area contributed by atoms with Gasteiger partial charge in [-0.1, -0.05) is 25.7 Å². The molecule has 1 saturated carbocycles. The maximum atomic E-state index is 11.7. The van der Waals surface area contributed by atoms with Crippen LogP contribution in [0, 0.1) is 10.1 Å². The average Bonchev–Trinajstić information content (AvgIpc) is 2.79. The predicted molar refractivity (Wildman–Crippen MR) is 88.6 cm³/mol. The van der Waals surface area contributed by atoms with Gasteiger partial charge in [0.15, 0.2) is 0 Å². The Kier molecular flexibility index (Phi) is 8.57. The molecule has 1 heterocycles. The maximum absolute atomic E-state index is 11.7. The molecule has 0 aliphatic heterocycles. The van der Waals surface area contributed by atoms with Crippen LogP contribution < -0.4 is 10.6 Å². The van der Waals surface area contributed by atoms with Crippen molar-refractivity contribution in [3.63, 3.8) is 0 Å². The highest BCUT2D eigenvalue weighted by Crippen LogP contribution is 2.16. The number of hydrogen-bond acceptors (Lipinski definition) is 5. The molecule has 23 heavy (non-hydrogen) atoms. The normalized spacial score (nSPS) is 15.5. The third-order valence-corrected chi connectivity index (χ3v) is 3.85. The van der Waals surface area contributed by atoms with Gasteiger partial charge in [-0.2, -0.15) is 4.68 Å². The van der Waals surface area contributed by atoms with Crippen LogP contribution in [0.1, 0.15) is 38.5 Å². The lowest BCUT2D eigenvalue weighted by Gasteiger charge is -2.16. The monoisotopic (exact) mass is 345 g/mol. The van der Waals surface area contributed by atoms with E-state index in [2.05, 4.69) is 15.7 Å². The van der Waals surface area contributed by atoms with Crippen LogP contribution in [0.2, 0.25) is 0 Å². The highest BCUT2D eigenvalue weighted by molar-refractivity contribution is 5.85. The molecule has 1 fully saturated rings. The van der Waals surface area contributed by atoms with Crippen molar-refractivity contribution in [2.75, 3.05) is 13.1 Å². The summed E-state index contributed by atoms with van der Waals surface area (Å²) in [6, 6.07) is 1.84. The van der Waals surface area contributed by atoms with Crippen LogP contribution in [0.15, 0.2) is 12.3 Å². The molecule has 1 aromatic rings. The Morgan fingerprint density at radius 3 is 2.61 bits per heavy atom. The van der Waals surface area contributed by atoms with Crippen LogP contribution in [0.5, 0.6) is 0 Å². The van der Waals surface area contributed by atoms with E-state index >= 15 is 0 Å². The molecule has 1 aromatic heterocycles. The molecule has 1 aliphatic rings. The Labute approximate surface area is 141 Å². The van der Waals surface area contributed by atoms with Crippen molar-refractivity contribution in [3.8, 4) is 0 Å². The molecule has 0 radical (unpaired) electrons. The van der Waals surface area contributed by atoms with E-state index in [9.17, 15) is 14.9 Å². The second-order valence-corrected chi connectivity index (χ2v) is 5.62. The fraction of sp³-hybridized carbons (Fsp3) is 0.714. The summed E-state index contributed by atoms with van der Waals surface area (Å²) >= 11 is 0. The van der Waals surface area contributed by atoms with E-state index in [0.29, 0.717) is 12.6 Å². The molecule has 0 bridgehead atoms. The predicted octanol–water partition coefficient (Wildman–Crippen LogP) is 1.64. The van der Waals surface area contributed by atoms with E-state index in [1.165, 1.54) is 55.5 Å². The van der Waals surface area contributed by atoms with Crippen LogP contribution in [0.25, 0.3) is 0 Å². The number of rotatable bonds is 7. The average molecular weight is 346 g/mol. The molecular formula is C14H24ClN5O3. The third kappa shape index (κ3) is 6.96. The van der Waals surface area contributed by atoms with E-state index < -0.39 is 4.92 Å². The molecule has 1 amide bonds. The first-order valence-corrected chi connectivity index (χ1v) is 7.83. The smallest absolute Gasteiger partial charge is 0.358 e. The van der Waals surface area contributed by atoms with Gasteiger partial charge in [0.05, 0.1) is 17.4 Å². The molecule has 0 atom stereocenters. The molecule has 8 nitrogen and oxygen atoms in total. The summed E-state index contributed by atoms with van der Waals surface area (Å²) in [6.45, 7) is 1.30. The third-order valence-electron chi connectivity index (χ3n) is 3.85. The topological polar surface area (TPSA) is 102 Å². The van der Waals surface area contributed by atoms with E-state index in [1.54, 1.807) is 0 Å². The quantitative estimate of drug-likeness (QED) is 0.338. The number of nitrogens with one attached hydrogen (secondary N) is 2. The summed E-state index contributed by atoms with van der Waals surface area (Å²) < 4.78 is 1.27. The van der Waals surface area contributed by atoms with Crippen LogP contribution in [-0.4, -0.2) is 39.7 Å². The fourth-order valence-electron chi connectivity index (χ4n) is 2.70. The Hall–Kier alpha value is -1.67. The zero-order chi connectivity index (χ0) is 15.8. The van der Waals surface area contributed by atoms with Gasteiger partial charge < -0.3 is 20.7 Å². The summed E-state index contributed by atoms with van der Waals surface area (Å²) in [5.74, 6) is -0.441. The molecule has 0 saturated heterocycles. The van der Waals surface area contributed by atoms with Crippen molar-refractivity contribution in [2.45, 2.75) is 51.1 Å². The highest BCUT2D eigenvalue weighted by atomic mass is 35.5. The summed E-state index contributed by atoms with van der Waals surface area (Å²) in [6.07, 6.45) is 9.07. The first kappa shape index (κ1) is 19.4. The lowest BCUT2D eigenvalue weighted by molar-refractivity contribution is -0.389. The molecule has 9 heteroatoms. The van der Waals surface area contributed by atoms with Gasteiger partial charge in [0, 0.05) is 19.1 Å². The number of hydrogen-bond donors (Lipinski definition) is 2. The van der Waals surface area contributed by atoms with Gasteiger partial charge in [-0.3, -0.25) is 4.79 Å². The van der Waals surface area contributed by atoms with Crippen molar-refractivity contribution >= 4 is 24.1 Å². The van der Waals surface area contributed by atoms with Crippen molar-refractivity contribution in [1.29, 1.82) is 0 Å². The minimum absolute atomic E-state index is 0. The SMILES string of the molecule is Cl.O=C(Cn1ccc([N+](=O)[O-])n1)NCCNC1CCCCCC1. The zero-order valence-corrected chi connectivity index (χ0v) is 13.9. The summed E-state index contributed by atoms with van der Waals surface area (Å²) in [4.78, 5) is 21.7. The molecule has 0 aromatic carbocycles. The molecular weight excluding hydrogens is 322 g/mol. The van der Waals surface area contributed by atoms with E-state index in [0.717, 1.165) is 6.54 Å². The summed E-state index contributed by atoms with van der Waals surface area (Å²) in [5.41, 5.74) is 0. The Bertz CT molecular complexity index is 500. The number of carbonyl (C=O) groups is 1. The summed E-state index contributed by atoms with van der Waals surface area (Å²) in [5, 5.41) is 20.5. The molecule has 2 N–H and O–H groups in total. The first-order chi connectivity index (χ1) is 10.6. The van der Waals surface area contributed by atoms with Gasteiger partial charge in [0.25, 0.3) is 0 Å². The second kappa shape index (κ2) is 10.2. The first-order valence-electron chi connectivity index (χ1n) is 7.83. The summed E-state index contributed by atoms with van der Waals surface area (Å²) in [7, 11) is 0. The number of aromatic nitrogens is 2. The van der Waals surface area contributed by atoms with Crippen LogP contribution in [0.3, 0.4) is 0 Å². The molecule has 0 unspecified atom stereocenters. The lowest BCUT2D eigenvalue weighted by Crippen LogP contribution is -2.38. The number of halogens is 1. The molecule has 2 rings (SSSR count). The van der Waals surface area contributed by atoms with Gasteiger partial charge >= 0.3 is 5.82 Å². The maximum Gasteiger partial charge on any atom is 0.389 e. The Morgan fingerprint density at radius 1 is 1.30 bits per heavy atom. The van der Waals surface area contributed by atoms with Crippen LogP contribution in [-0.2, 0) is 11.3 Å². The van der Waals surface area contributed by atoms with Gasteiger partial charge in [-0.05, 0) is 17.8 Å². The molecule has 0 spiro atoms. The van der Waals surface area contributed by atoms with Crippen LogP contribution >= 0.6 is 12.4 Å². The number of carbonyl (C=O) groups excluding carboxylic acids is 1. The number of nitro groups is 1. The largest absolute Gasteiger partial charge is 0.389 e. The zero-order valence-electron chi connectivity index (χ0n) is 13.1. The van der Waals surface area contributed by atoms with E-state index in [1.807, 2.05) is 0 Å². The minimum Gasteiger partial charge on any atom is -0.358 e. The van der Waals surface area contributed by atoms with Crippen molar-refractivity contribution in [1.82, 2.24) is 20.4 Å². The van der Waals surface area contributed by atoms with Crippen LogP contribution in [0.4, 0.5) is 5.82 Å². The van der Waals surface area contributed by atoms with E-state index in [4.69, 9.17) is 0 Å². The molecule has 1 aliphatic carbocycles. The standard InChI is InChI=1S/C14H23N5O3.ClH/c20-14(11-18-10-7-13(17-18)19(21)22)16-9-8-15-12-5-3-1-2-4-6-12;/h7,10,12,15H,1-6,8-9,11H2,(H,16,20);1H. The second-order valence-electron chi connectivity index (χ2n) is 5.62. The minimum atomic E-state index is -0.578. The highest BCUT2D eigenvalue weighted by Gasteiger charge is 2.14. The van der Waals surface area contributed by atoms with Crippen molar-refractivity contribution in [3.05, 3.63) is 22.4 Å². The molecule has 130 valence electrons. The van der Waals surface area contributed by atoms with Crippen molar-refractivity contribution < 1.29 is 9.72 Å². The Balaban J connectivity index is 0.00000264. The van der Waals surface area contributed by atoms with E-state index in [-0.39, 0.29) is 30.7 Å². The number of amides is 1. The Morgan fingerprint density at radius 2 is 2.00 bits per heavy atom. The van der Waals surface area contributed by atoms with Crippen molar-refractivity contribution in [2.24, 2.45) is 0 Å². The lowest BCUT2D eigenvalue weighted by atomic mass is 10.1.